The molecule has 1 aliphatic carbocycles. The number of rotatable bonds is 3. The Morgan fingerprint density at radius 3 is 2.65 bits per heavy atom. The van der Waals surface area contributed by atoms with Gasteiger partial charge in [-0.25, -0.2) is 4.99 Å². The van der Waals surface area contributed by atoms with Gasteiger partial charge in [0.15, 0.2) is 5.96 Å². The van der Waals surface area contributed by atoms with Crippen LogP contribution in [0.4, 0.5) is 0 Å². The molecule has 1 aliphatic rings. The summed E-state index contributed by atoms with van der Waals surface area (Å²) in [4.78, 5) is 6.52. The van der Waals surface area contributed by atoms with Crippen molar-refractivity contribution in [3.8, 4) is 0 Å². The minimum atomic E-state index is 0. The van der Waals surface area contributed by atoms with Crippen molar-refractivity contribution in [2.45, 2.75) is 32.4 Å². The summed E-state index contributed by atoms with van der Waals surface area (Å²) in [6.07, 6.45) is 2.49. The van der Waals surface area contributed by atoms with Crippen LogP contribution < -0.4 is 5.73 Å². The van der Waals surface area contributed by atoms with Gasteiger partial charge in [0.05, 0.1) is 6.54 Å². The average molecular weight is 345 g/mol. The van der Waals surface area contributed by atoms with Crippen LogP contribution in [-0.2, 0) is 6.54 Å². The molecular weight excluding hydrogens is 325 g/mol. The highest BCUT2D eigenvalue weighted by molar-refractivity contribution is 14.0. The molecule has 0 aromatic heterocycles. The predicted molar refractivity (Wildman–Crippen MR) is 82.7 cm³/mol. The molecule has 94 valence electrons. The van der Waals surface area contributed by atoms with Gasteiger partial charge < -0.3 is 10.6 Å². The third-order valence-electron chi connectivity index (χ3n) is 3.13. The van der Waals surface area contributed by atoms with Crippen molar-refractivity contribution >= 4 is 29.9 Å². The van der Waals surface area contributed by atoms with E-state index < -0.39 is 0 Å². The van der Waals surface area contributed by atoms with E-state index in [0.717, 1.165) is 0 Å². The van der Waals surface area contributed by atoms with Gasteiger partial charge in [0.25, 0.3) is 0 Å². The van der Waals surface area contributed by atoms with Gasteiger partial charge in [-0.2, -0.15) is 0 Å². The van der Waals surface area contributed by atoms with Crippen molar-refractivity contribution in [1.82, 2.24) is 4.90 Å². The zero-order valence-electron chi connectivity index (χ0n) is 10.4. The molecule has 0 atom stereocenters. The van der Waals surface area contributed by atoms with Gasteiger partial charge in [-0.1, -0.05) is 24.3 Å². The molecular formula is C13H20IN3. The topological polar surface area (TPSA) is 41.6 Å². The molecule has 0 heterocycles. The normalized spacial score (nSPS) is 15.3. The van der Waals surface area contributed by atoms with Crippen molar-refractivity contribution in [2.24, 2.45) is 10.7 Å². The van der Waals surface area contributed by atoms with E-state index in [1.54, 1.807) is 0 Å². The fourth-order valence-corrected chi connectivity index (χ4v) is 1.71. The number of hydrogen-bond donors (Lipinski definition) is 1. The van der Waals surface area contributed by atoms with Crippen LogP contribution in [0.2, 0.25) is 0 Å². The molecule has 0 radical (unpaired) electrons. The summed E-state index contributed by atoms with van der Waals surface area (Å²) < 4.78 is 0. The van der Waals surface area contributed by atoms with Gasteiger partial charge in [0.1, 0.15) is 0 Å². The Balaban J connectivity index is 0.00000144. The van der Waals surface area contributed by atoms with E-state index in [9.17, 15) is 0 Å². The molecule has 0 bridgehead atoms. The molecule has 0 saturated heterocycles. The average Bonchev–Trinajstić information content (AvgIpc) is 3.10. The van der Waals surface area contributed by atoms with Gasteiger partial charge in [-0.05, 0) is 30.9 Å². The lowest BCUT2D eigenvalue weighted by molar-refractivity contribution is 0.487. The Bertz CT molecular complexity index is 399. The monoisotopic (exact) mass is 345 g/mol. The third-order valence-corrected chi connectivity index (χ3v) is 3.13. The first-order valence-corrected chi connectivity index (χ1v) is 5.75. The first-order chi connectivity index (χ1) is 7.68. The van der Waals surface area contributed by atoms with Crippen LogP contribution in [0.1, 0.15) is 24.0 Å². The van der Waals surface area contributed by atoms with Crippen LogP contribution in [0, 0.1) is 6.92 Å². The van der Waals surface area contributed by atoms with Gasteiger partial charge in [-0.3, -0.25) is 0 Å². The highest BCUT2D eigenvalue weighted by atomic mass is 127. The van der Waals surface area contributed by atoms with Crippen molar-refractivity contribution in [2.75, 3.05) is 7.05 Å². The summed E-state index contributed by atoms with van der Waals surface area (Å²) in [5, 5.41) is 0. The summed E-state index contributed by atoms with van der Waals surface area (Å²) in [7, 11) is 2.02. The van der Waals surface area contributed by atoms with Crippen molar-refractivity contribution in [3.05, 3.63) is 35.4 Å². The summed E-state index contributed by atoms with van der Waals surface area (Å²) in [5.41, 5.74) is 8.45. The number of nitrogens with two attached hydrogens (primary N) is 1. The van der Waals surface area contributed by atoms with Gasteiger partial charge in [0, 0.05) is 13.1 Å². The molecule has 3 nitrogen and oxygen atoms in total. The predicted octanol–water partition coefficient (Wildman–Crippen LogP) is 2.52. The minimum Gasteiger partial charge on any atom is -0.370 e. The molecule has 0 spiro atoms. The van der Waals surface area contributed by atoms with Crippen LogP contribution >= 0.6 is 24.0 Å². The number of halogens is 1. The Kier molecular flexibility index (Phi) is 5.24. The summed E-state index contributed by atoms with van der Waals surface area (Å²) in [5.74, 6) is 0.658. The number of hydrogen-bond acceptors (Lipinski definition) is 1. The first kappa shape index (κ1) is 14.3. The van der Waals surface area contributed by atoms with Gasteiger partial charge in [0.2, 0.25) is 0 Å². The number of aryl methyl sites for hydroxylation is 1. The van der Waals surface area contributed by atoms with Crippen LogP contribution in [0.25, 0.3) is 0 Å². The van der Waals surface area contributed by atoms with E-state index >= 15 is 0 Å². The molecule has 1 aromatic rings. The van der Waals surface area contributed by atoms with E-state index in [-0.39, 0.29) is 24.0 Å². The highest BCUT2D eigenvalue weighted by Gasteiger charge is 2.27. The van der Waals surface area contributed by atoms with Crippen LogP contribution in [0.15, 0.2) is 29.3 Å². The first-order valence-electron chi connectivity index (χ1n) is 5.75. The van der Waals surface area contributed by atoms with Gasteiger partial charge in [-0.15, -0.1) is 24.0 Å². The second kappa shape index (κ2) is 6.23. The Morgan fingerprint density at radius 1 is 1.41 bits per heavy atom. The molecule has 0 aliphatic heterocycles. The smallest absolute Gasteiger partial charge is 0.191 e. The Morgan fingerprint density at radius 2 is 2.06 bits per heavy atom. The fraction of sp³-hybridized carbons (Fsp3) is 0.462. The molecule has 2 N–H and O–H groups in total. The number of guanidine groups is 1. The highest BCUT2D eigenvalue weighted by Crippen LogP contribution is 2.24. The second-order valence-electron chi connectivity index (χ2n) is 4.44. The fourth-order valence-electron chi connectivity index (χ4n) is 1.71. The van der Waals surface area contributed by atoms with Crippen LogP contribution in [0.3, 0.4) is 0 Å². The summed E-state index contributed by atoms with van der Waals surface area (Å²) in [6.45, 7) is 2.78. The number of aliphatic imine (C=N–C) groups is 1. The van der Waals surface area contributed by atoms with Crippen molar-refractivity contribution in [1.29, 1.82) is 0 Å². The maximum atomic E-state index is 5.93. The zero-order valence-corrected chi connectivity index (χ0v) is 12.7. The largest absolute Gasteiger partial charge is 0.370 e. The summed E-state index contributed by atoms with van der Waals surface area (Å²) in [6, 6.07) is 8.91. The molecule has 1 fully saturated rings. The van der Waals surface area contributed by atoms with Crippen LogP contribution in [-0.4, -0.2) is 23.9 Å². The molecule has 17 heavy (non-hydrogen) atoms. The Labute approximate surface area is 120 Å². The molecule has 1 aromatic carbocycles. The van der Waals surface area contributed by atoms with Crippen molar-refractivity contribution in [3.63, 3.8) is 0 Å². The molecule has 1 saturated carbocycles. The standard InChI is InChI=1S/C13H19N3.HI/c1-10-5-3-4-6-11(10)9-15-13(14)16(2)12-7-8-12;/h3-6,12H,7-9H2,1-2H3,(H2,14,15);1H. The SMILES string of the molecule is Cc1ccccc1CN=C(N)N(C)C1CC1.I. The second-order valence-corrected chi connectivity index (χ2v) is 4.44. The number of nitrogens with zero attached hydrogens (tertiary/aromatic N) is 2. The van der Waals surface area contributed by atoms with Crippen LogP contribution in [0.5, 0.6) is 0 Å². The lowest BCUT2D eigenvalue weighted by atomic mass is 10.1. The quantitative estimate of drug-likeness (QED) is 0.520. The zero-order chi connectivity index (χ0) is 11.5. The third kappa shape index (κ3) is 3.87. The Hall–Kier alpha value is -0.780. The molecule has 0 unspecified atom stereocenters. The lowest BCUT2D eigenvalue weighted by Crippen LogP contribution is -2.35. The maximum absolute atomic E-state index is 5.93. The van der Waals surface area contributed by atoms with Gasteiger partial charge >= 0.3 is 0 Å². The number of benzene rings is 1. The van der Waals surface area contributed by atoms with E-state index in [2.05, 4.69) is 28.9 Å². The van der Waals surface area contributed by atoms with E-state index in [1.165, 1.54) is 24.0 Å². The maximum Gasteiger partial charge on any atom is 0.191 e. The minimum absolute atomic E-state index is 0. The molecule has 2 rings (SSSR count). The van der Waals surface area contributed by atoms with E-state index in [4.69, 9.17) is 5.73 Å². The van der Waals surface area contributed by atoms with E-state index in [0.29, 0.717) is 18.5 Å². The van der Waals surface area contributed by atoms with E-state index in [1.807, 2.05) is 19.2 Å². The van der Waals surface area contributed by atoms with Crippen molar-refractivity contribution < 1.29 is 0 Å². The summed E-state index contributed by atoms with van der Waals surface area (Å²) >= 11 is 0. The lowest BCUT2D eigenvalue weighted by Gasteiger charge is -2.17. The molecule has 0 amide bonds. The molecule has 4 heteroatoms.